The van der Waals surface area contributed by atoms with Gasteiger partial charge >= 0.3 is 6.18 Å². The molecule has 3 atom stereocenters. The summed E-state index contributed by atoms with van der Waals surface area (Å²) in [4.78, 5) is 59.8. The van der Waals surface area contributed by atoms with Gasteiger partial charge in [0.1, 0.15) is 18.1 Å². The molecule has 238 valence electrons. The summed E-state index contributed by atoms with van der Waals surface area (Å²) in [6.07, 6.45) is 5.66. The molecule has 0 aromatic heterocycles. The van der Waals surface area contributed by atoms with Crippen molar-refractivity contribution < 1.29 is 48.0 Å². The minimum absolute atomic E-state index is 0.112. The second-order valence-corrected chi connectivity index (χ2v) is 10.6. The molecule has 11 nitrogen and oxygen atoms in total. The third-order valence-corrected chi connectivity index (χ3v) is 6.50. The van der Waals surface area contributed by atoms with E-state index in [1.165, 1.54) is 25.7 Å². The van der Waals surface area contributed by atoms with E-state index in [0.717, 1.165) is 38.6 Å². The van der Waals surface area contributed by atoms with Crippen molar-refractivity contribution >= 4 is 29.6 Å². The summed E-state index contributed by atoms with van der Waals surface area (Å²) >= 11 is 0. The van der Waals surface area contributed by atoms with Gasteiger partial charge in [0, 0.05) is 12.5 Å². The molecular formula is C27H48F3N5O6. The van der Waals surface area contributed by atoms with Crippen LogP contribution in [-0.2, 0) is 24.0 Å². The third-order valence-electron chi connectivity index (χ3n) is 6.50. The van der Waals surface area contributed by atoms with Crippen LogP contribution < -0.4 is 32.1 Å². The SMILES string of the molecule is CCCCCCCCC[C@H]1CC(=O)NCC(=O)N[C@@H](CCCC[NH3+])C(=O)N[C@@H](C(C)C)C(=O)N1.O=C([O-])C(F)(F)F. The van der Waals surface area contributed by atoms with Crippen LogP contribution in [-0.4, -0.2) is 67.0 Å². The normalized spacial score (nSPS) is 20.7. The molecule has 0 aromatic rings. The van der Waals surface area contributed by atoms with E-state index in [1.807, 2.05) is 13.8 Å². The van der Waals surface area contributed by atoms with E-state index in [1.54, 1.807) is 0 Å². The number of aliphatic carboxylic acids is 1. The van der Waals surface area contributed by atoms with Gasteiger partial charge in [0.2, 0.25) is 23.6 Å². The predicted molar refractivity (Wildman–Crippen MR) is 144 cm³/mol. The van der Waals surface area contributed by atoms with Gasteiger partial charge in [0.05, 0.1) is 13.1 Å². The number of rotatable bonds is 13. The summed E-state index contributed by atoms with van der Waals surface area (Å²) in [6, 6.07) is -1.83. The van der Waals surface area contributed by atoms with Gasteiger partial charge in [0.25, 0.3) is 0 Å². The smallest absolute Gasteiger partial charge is 0.430 e. The summed E-state index contributed by atoms with van der Waals surface area (Å²) < 4.78 is 31.5. The Kier molecular flexibility index (Phi) is 19.4. The monoisotopic (exact) mass is 595 g/mol. The summed E-state index contributed by atoms with van der Waals surface area (Å²) in [5.74, 6) is -4.50. The number of unbranched alkanes of at least 4 members (excludes halogenated alkanes) is 7. The van der Waals surface area contributed by atoms with Crippen LogP contribution in [0.15, 0.2) is 0 Å². The fourth-order valence-corrected chi connectivity index (χ4v) is 4.17. The molecule has 1 heterocycles. The number of carboxylic acid groups (broad SMARTS) is 1. The lowest BCUT2D eigenvalue weighted by molar-refractivity contribution is -0.368. The number of quaternary nitrogens is 1. The van der Waals surface area contributed by atoms with Crippen LogP contribution >= 0.6 is 0 Å². The maximum absolute atomic E-state index is 13.1. The molecule has 1 fully saturated rings. The van der Waals surface area contributed by atoms with E-state index in [4.69, 9.17) is 9.90 Å². The van der Waals surface area contributed by atoms with E-state index < -0.39 is 30.1 Å². The Labute approximate surface area is 240 Å². The molecule has 41 heavy (non-hydrogen) atoms. The summed E-state index contributed by atoms with van der Waals surface area (Å²) in [5, 5.41) is 20.0. The highest BCUT2D eigenvalue weighted by molar-refractivity contribution is 5.94. The fourth-order valence-electron chi connectivity index (χ4n) is 4.17. The molecule has 0 bridgehead atoms. The van der Waals surface area contributed by atoms with Crippen LogP contribution in [0.4, 0.5) is 13.2 Å². The molecule has 1 aliphatic rings. The summed E-state index contributed by atoms with van der Waals surface area (Å²) in [7, 11) is 0. The molecule has 0 spiro atoms. The van der Waals surface area contributed by atoms with Crippen molar-refractivity contribution in [2.24, 2.45) is 5.92 Å². The number of carbonyl (C=O) groups excluding carboxylic acids is 5. The molecule has 0 aromatic carbocycles. The molecule has 0 saturated carbocycles. The molecule has 0 aliphatic carbocycles. The number of amides is 4. The van der Waals surface area contributed by atoms with Crippen LogP contribution in [0.25, 0.3) is 0 Å². The number of carboxylic acids is 1. The number of carbonyl (C=O) groups is 5. The van der Waals surface area contributed by atoms with Crippen molar-refractivity contribution in [2.45, 2.75) is 122 Å². The Morgan fingerprint density at radius 3 is 1.98 bits per heavy atom. The molecule has 1 rings (SSSR count). The summed E-state index contributed by atoms with van der Waals surface area (Å²) in [6.45, 7) is 6.49. The minimum Gasteiger partial charge on any atom is -0.542 e. The van der Waals surface area contributed by atoms with Crippen molar-refractivity contribution in [1.82, 2.24) is 21.3 Å². The van der Waals surface area contributed by atoms with E-state index in [0.29, 0.717) is 12.8 Å². The lowest BCUT2D eigenvalue weighted by Gasteiger charge is -2.27. The fraction of sp³-hybridized carbons (Fsp3) is 0.815. The standard InChI is InChI=1S/C25H47N5O4.C2HF3O2/c1-4-5-6-7-8-9-10-13-19-16-21(31)27-17-22(32)29-20(14-11-12-15-26)24(33)30-23(18(2)3)25(34)28-19;3-2(4,5)1(6)7/h18-20,23H,4-17,26H2,1-3H3,(H,27,31)(H,28,34)(H,29,32)(H,30,33);(H,6,7)/t19-,20-,23-;/m0./s1. The average Bonchev–Trinajstić information content (AvgIpc) is 2.88. The molecule has 1 aliphatic heterocycles. The van der Waals surface area contributed by atoms with Crippen LogP contribution in [0.3, 0.4) is 0 Å². The maximum Gasteiger partial charge on any atom is 0.430 e. The van der Waals surface area contributed by atoms with Gasteiger partial charge in [-0.2, -0.15) is 13.2 Å². The van der Waals surface area contributed by atoms with Crippen molar-refractivity contribution in [1.29, 1.82) is 0 Å². The summed E-state index contributed by atoms with van der Waals surface area (Å²) in [5.41, 5.74) is 3.81. The minimum atomic E-state index is -5.19. The first kappa shape index (κ1) is 38.1. The van der Waals surface area contributed by atoms with Gasteiger partial charge < -0.3 is 36.9 Å². The lowest BCUT2D eigenvalue weighted by Crippen LogP contribution is -2.56. The molecule has 0 unspecified atom stereocenters. The third kappa shape index (κ3) is 18.2. The van der Waals surface area contributed by atoms with Crippen molar-refractivity contribution in [3.8, 4) is 0 Å². The second kappa shape index (κ2) is 20.9. The van der Waals surface area contributed by atoms with Crippen LogP contribution in [0, 0.1) is 5.92 Å². The molecule has 4 amide bonds. The number of nitrogens with one attached hydrogen (secondary N) is 4. The van der Waals surface area contributed by atoms with E-state index in [-0.39, 0.29) is 42.6 Å². The number of hydrogen-bond donors (Lipinski definition) is 5. The van der Waals surface area contributed by atoms with Gasteiger partial charge in [0.15, 0.2) is 0 Å². The van der Waals surface area contributed by atoms with Gasteiger partial charge in [-0.25, -0.2) is 0 Å². The zero-order valence-electron chi connectivity index (χ0n) is 24.5. The van der Waals surface area contributed by atoms with Crippen molar-refractivity contribution in [3.05, 3.63) is 0 Å². The van der Waals surface area contributed by atoms with Gasteiger partial charge in [-0.05, 0) is 31.6 Å². The van der Waals surface area contributed by atoms with Crippen LogP contribution in [0.2, 0.25) is 0 Å². The highest BCUT2D eigenvalue weighted by Gasteiger charge is 2.31. The highest BCUT2D eigenvalue weighted by Crippen LogP contribution is 2.13. The van der Waals surface area contributed by atoms with E-state index in [9.17, 15) is 32.3 Å². The van der Waals surface area contributed by atoms with Gasteiger partial charge in [-0.15, -0.1) is 0 Å². The van der Waals surface area contributed by atoms with Crippen LogP contribution in [0.5, 0.6) is 0 Å². The largest absolute Gasteiger partial charge is 0.542 e. The maximum atomic E-state index is 13.1. The lowest BCUT2D eigenvalue weighted by atomic mass is 9.99. The number of halogens is 3. The number of hydrogen-bond acceptors (Lipinski definition) is 6. The topological polar surface area (TPSA) is 184 Å². The molecule has 14 heteroatoms. The van der Waals surface area contributed by atoms with E-state index >= 15 is 0 Å². The first-order valence-electron chi connectivity index (χ1n) is 14.5. The molecular weight excluding hydrogens is 547 g/mol. The highest BCUT2D eigenvalue weighted by atomic mass is 19.4. The molecule has 7 N–H and O–H groups in total. The number of alkyl halides is 3. The predicted octanol–water partition coefficient (Wildman–Crippen LogP) is 0.468. The first-order valence-corrected chi connectivity index (χ1v) is 14.5. The Morgan fingerprint density at radius 1 is 0.878 bits per heavy atom. The Morgan fingerprint density at radius 2 is 1.44 bits per heavy atom. The van der Waals surface area contributed by atoms with Gasteiger partial charge in [-0.3, -0.25) is 19.2 Å². The van der Waals surface area contributed by atoms with Crippen molar-refractivity contribution in [3.63, 3.8) is 0 Å². The van der Waals surface area contributed by atoms with Gasteiger partial charge in [-0.1, -0.05) is 65.7 Å². The Balaban J connectivity index is 0.00000201. The second-order valence-electron chi connectivity index (χ2n) is 10.6. The quantitative estimate of drug-likeness (QED) is 0.193. The van der Waals surface area contributed by atoms with E-state index in [2.05, 4.69) is 33.9 Å². The zero-order chi connectivity index (χ0) is 31.4. The Hall–Kier alpha value is -2.90. The Bertz CT molecular complexity index is 826. The molecule has 1 saturated heterocycles. The average molecular weight is 596 g/mol. The van der Waals surface area contributed by atoms with Crippen molar-refractivity contribution in [2.75, 3.05) is 13.1 Å². The first-order chi connectivity index (χ1) is 19.2. The molecule has 0 radical (unpaired) electrons. The zero-order valence-corrected chi connectivity index (χ0v) is 24.5. The van der Waals surface area contributed by atoms with Crippen LogP contribution in [0.1, 0.15) is 97.8 Å².